The van der Waals surface area contributed by atoms with Crippen LogP contribution >= 0.6 is 0 Å². The lowest BCUT2D eigenvalue weighted by atomic mass is 9.94. The fourth-order valence-corrected chi connectivity index (χ4v) is 4.73. The Morgan fingerprint density at radius 3 is 2.60 bits per heavy atom. The fraction of sp³-hybridized carbons (Fsp3) is 0.321. The van der Waals surface area contributed by atoms with Gasteiger partial charge in [-0.25, -0.2) is 18.3 Å². The molecule has 0 spiro atoms. The van der Waals surface area contributed by atoms with Crippen LogP contribution in [0.1, 0.15) is 30.9 Å². The zero-order valence-electron chi connectivity index (χ0n) is 22.4. The lowest BCUT2D eigenvalue weighted by Gasteiger charge is -2.21. The number of carbonyl (C=O) groups excluding carboxylic acids is 1. The average Bonchev–Trinajstić information content (AvgIpc) is 3.65. The molecule has 0 unspecified atom stereocenters. The summed E-state index contributed by atoms with van der Waals surface area (Å²) in [5.41, 5.74) is 1.59. The van der Waals surface area contributed by atoms with Crippen molar-refractivity contribution in [3.05, 3.63) is 83.7 Å². The molecule has 2 aromatic heterocycles. The molecule has 4 aromatic rings. The highest BCUT2D eigenvalue weighted by Crippen LogP contribution is 2.33. The number of amides is 2. The number of aliphatic hydroxyl groups is 1. The van der Waals surface area contributed by atoms with Gasteiger partial charge >= 0.3 is 6.03 Å². The zero-order valence-corrected chi connectivity index (χ0v) is 22.4. The summed E-state index contributed by atoms with van der Waals surface area (Å²) in [4.78, 5) is 15.4. The standard InChI is InChI=1S/C28H31F2N7O3/c1-17-25(37(19-7-5-4-6-8-19)35-26(17)40-16-28(2,3)39)34-27(38)33-24-15-36(20-12-31-32-13-20)14-21(24)18-9-10-22(29)23(30)11-18/h4-13,21,24,39H,14-16H2,1-3H3,(H,31,32)(H2,33,34,38)/t21-,24+/m0/s1. The van der Waals surface area contributed by atoms with Gasteiger partial charge in [0.1, 0.15) is 12.4 Å². The molecule has 40 heavy (non-hydrogen) atoms. The number of aromatic nitrogens is 4. The number of carbonyl (C=O) groups is 1. The van der Waals surface area contributed by atoms with Crippen molar-refractivity contribution in [2.45, 2.75) is 38.3 Å². The van der Waals surface area contributed by atoms with Crippen LogP contribution in [0.4, 0.5) is 25.1 Å². The predicted molar refractivity (Wildman–Crippen MR) is 146 cm³/mol. The maximum atomic E-state index is 14.1. The fourth-order valence-electron chi connectivity index (χ4n) is 4.73. The highest BCUT2D eigenvalue weighted by molar-refractivity contribution is 5.90. The highest BCUT2D eigenvalue weighted by atomic mass is 19.2. The molecule has 1 saturated heterocycles. The van der Waals surface area contributed by atoms with E-state index in [4.69, 9.17) is 4.74 Å². The number of benzene rings is 2. The second-order valence-electron chi connectivity index (χ2n) is 10.5. The van der Waals surface area contributed by atoms with Crippen LogP contribution in [-0.2, 0) is 0 Å². The van der Waals surface area contributed by atoms with Crippen LogP contribution in [0.5, 0.6) is 5.88 Å². The van der Waals surface area contributed by atoms with E-state index in [0.717, 1.165) is 11.8 Å². The van der Waals surface area contributed by atoms with E-state index in [2.05, 4.69) is 25.9 Å². The first kappa shape index (κ1) is 27.1. The molecule has 0 radical (unpaired) electrons. The molecule has 2 amide bonds. The van der Waals surface area contributed by atoms with E-state index < -0.39 is 29.3 Å². The molecule has 210 valence electrons. The molecule has 0 bridgehead atoms. The maximum Gasteiger partial charge on any atom is 0.320 e. The Balaban J connectivity index is 1.40. The number of aromatic amines is 1. The number of hydrogen-bond donors (Lipinski definition) is 4. The van der Waals surface area contributed by atoms with Crippen molar-refractivity contribution in [2.24, 2.45) is 0 Å². The van der Waals surface area contributed by atoms with E-state index in [0.29, 0.717) is 35.7 Å². The third-order valence-corrected chi connectivity index (χ3v) is 6.73. The first-order valence-electron chi connectivity index (χ1n) is 12.9. The predicted octanol–water partition coefficient (Wildman–Crippen LogP) is 4.13. The van der Waals surface area contributed by atoms with Crippen molar-refractivity contribution in [1.82, 2.24) is 25.3 Å². The first-order valence-corrected chi connectivity index (χ1v) is 12.9. The Bertz CT molecular complexity index is 1470. The second-order valence-corrected chi connectivity index (χ2v) is 10.5. The number of para-hydroxylation sites is 1. The zero-order chi connectivity index (χ0) is 28.4. The summed E-state index contributed by atoms with van der Waals surface area (Å²) in [5.74, 6) is -1.52. The van der Waals surface area contributed by atoms with Gasteiger partial charge in [0.15, 0.2) is 11.6 Å². The lowest BCUT2D eigenvalue weighted by molar-refractivity contribution is 0.0265. The van der Waals surface area contributed by atoms with Gasteiger partial charge in [0.2, 0.25) is 5.88 Å². The van der Waals surface area contributed by atoms with Gasteiger partial charge in [-0.2, -0.15) is 5.10 Å². The van der Waals surface area contributed by atoms with Crippen LogP contribution in [0.25, 0.3) is 5.69 Å². The monoisotopic (exact) mass is 551 g/mol. The van der Waals surface area contributed by atoms with Crippen molar-refractivity contribution in [1.29, 1.82) is 0 Å². The molecule has 4 N–H and O–H groups in total. The Hall–Kier alpha value is -4.45. The van der Waals surface area contributed by atoms with Crippen LogP contribution in [0.3, 0.4) is 0 Å². The number of halogens is 2. The lowest BCUT2D eigenvalue weighted by Crippen LogP contribution is -2.42. The van der Waals surface area contributed by atoms with Gasteiger partial charge in [-0.15, -0.1) is 5.10 Å². The van der Waals surface area contributed by atoms with E-state index in [-0.39, 0.29) is 18.4 Å². The molecule has 1 aliphatic heterocycles. The normalized spacial score (nSPS) is 17.2. The molecule has 12 heteroatoms. The average molecular weight is 552 g/mol. The summed E-state index contributed by atoms with van der Waals surface area (Å²) in [6.45, 7) is 5.91. The third kappa shape index (κ3) is 5.91. The third-order valence-electron chi connectivity index (χ3n) is 6.73. The van der Waals surface area contributed by atoms with Crippen LogP contribution in [0, 0.1) is 18.6 Å². The molecule has 5 rings (SSSR count). The quantitative estimate of drug-likeness (QED) is 0.262. The minimum atomic E-state index is -1.08. The van der Waals surface area contributed by atoms with Crippen LogP contribution in [0.15, 0.2) is 60.9 Å². The summed E-state index contributed by atoms with van der Waals surface area (Å²) >= 11 is 0. The largest absolute Gasteiger partial charge is 0.473 e. The SMILES string of the molecule is Cc1c(OCC(C)(C)O)nn(-c2ccccc2)c1NC(=O)N[C@@H]1CN(c2cn[nH]c2)C[C@H]1c1ccc(F)c(F)c1. The van der Waals surface area contributed by atoms with Gasteiger partial charge in [0.25, 0.3) is 0 Å². The molecule has 0 saturated carbocycles. The summed E-state index contributed by atoms with van der Waals surface area (Å²) in [7, 11) is 0. The highest BCUT2D eigenvalue weighted by Gasteiger charge is 2.36. The summed E-state index contributed by atoms with van der Waals surface area (Å²) < 4.78 is 35.1. The Morgan fingerprint density at radius 1 is 1.15 bits per heavy atom. The van der Waals surface area contributed by atoms with Gasteiger partial charge in [0, 0.05) is 25.2 Å². The van der Waals surface area contributed by atoms with Gasteiger partial charge < -0.3 is 20.1 Å². The smallest absolute Gasteiger partial charge is 0.320 e. The van der Waals surface area contributed by atoms with Crippen LogP contribution in [0.2, 0.25) is 0 Å². The molecule has 2 aromatic carbocycles. The maximum absolute atomic E-state index is 14.1. The number of hydrogen-bond acceptors (Lipinski definition) is 6. The van der Waals surface area contributed by atoms with Crippen molar-refractivity contribution in [3.63, 3.8) is 0 Å². The molecule has 2 atom stereocenters. The topological polar surface area (TPSA) is 120 Å². The minimum absolute atomic E-state index is 0.00705. The van der Waals surface area contributed by atoms with Crippen LogP contribution < -0.4 is 20.3 Å². The van der Waals surface area contributed by atoms with Gasteiger partial charge in [-0.05, 0) is 50.6 Å². The molecular weight excluding hydrogens is 520 g/mol. The Kier molecular flexibility index (Phi) is 7.44. The van der Waals surface area contributed by atoms with E-state index in [9.17, 15) is 18.7 Å². The molecule has 3 heterocycles. The van der Waals surface area contributed by atoms with Gasteiger partial charge in [0.05, 0.1) is 34.8 Å². The first-order chi connectivity index (χ1) is 19.1. The molecule has 0 aliphatic carbocycles. The van der Waals surface area contributed by atoms with Gasteiger partial charge in [-0.3, -0.25) is 10.4 Å². The van der Waals surface area contributed by atoms with E-state index in [1.807, 2.05) is 35.2 Å². The van der Waals surface area contributed by atoms with Crippen molar-refractivity contribution in [3.8, 4) is 11.6 Å². The number of H-pyrrole nitrogens is 1. The number of nitrogens with zero attached hydrogens (tertiary/aromatic N) is 4. The molecule has 10 nitrogen and oxygen atoms in total. The van der Waals surface area contributed by atoms with Gasteiger partial charge in [-0.1, -0.05) is 24.3 Å². The van der Waals surface area contributed by atoms with Crippen molar-refractivity contribution < 1.29 is 23.4 Å². The molecule has 1 fully saturated rings. The van der Waals surface area contributed by atoms with Crippen molar-refractivity contribution >= 4 is 17.5 Å². The minimum Gasteiger partial charge on any atom is -0.473 e. The molecule has 1 aliphatic rings. The number of rotatable bonds is 8. The number of urea groups is 1. The number of nitrogens with one attached hydrogen (secondary N) is 3. The Morgan fingerprint density at radius 2 is 1.93 bits per heavy atom. The number of anilines is 2. The summed E-state index contributed by atoms with van der Waals surface area (Å²) in [5, 5.41) is 27.3. The molecular formula is C28H31F2N7O3. The van der Waals surface area contributed by atoms with E-state index in [1.165, 1.54) is 12.1 Å². The summed E-state index contributed by atoms with van der Waals surface area (Å²) in [6.07, 6.45) is 3.41. The Labute approximate surface area is 230 Å². The number of ether oxygens (including phenoxy) is 1. The summed E-state index contributed by atoms with van der Waals surface area (Å²) in [6, 6.07) is 12.1. The second kappa shape index (κ2) is 11.0. The van der Waals surface area contributed by atoms with E-state index >= 15 is 0 Å². The van der Waals surface area contributed by atoms with E-state index in [1.54, 1.807) is 37.8 Å². The van der Waals surface area contributed by atoms with Crippen LogP contribution in [-0.4, -0.2) is 62.5 Å². The van der Waals surface area contributed by atoms with Crippen molar-refractivity contribution in [2.75, 3.05) is 29.9 Å².